The fourth-order valence-corrected chi connectivity index (χ4v) is 3.68. The molecule has 0 saturated heterocycles. The largest absolute Gasteiger partial charge is 0.335 e. The summed E-state index contributed by atoms with van der Waals surface area (Å²) in [6.07, 6.45) is 0. The van der Waals surface area contributed by atoms with Crippen molar-refractivity contribution < 1.29 is 13.2 Å². The van der Waals surface area contributed by atoms with Crippen LogP contribution in [0.2, 0.25) is 10.0 Å². The average Bonchev–Trinajstić information content (AvgIpc) is 2.60. The molecule has 0 aromatic heterocycles. The summed E-state index contributed by atoms with van der Waals surface area (Å²) in [5.41, 5.74) is 1.02. The summed E-state index contributed by atoms with van der Waals surface area (Å²) < 4.78 is 26.1. The first-order valence-corrected chi connectivity index (χ1v) is 9.67. The zero-order chi connectivity index (χ0) is 18.8. The number of hydrogen-bond donors (Lipinski definition) is 1. The number of carbonyl (C=O) groups excluding carboxylic acids is 1. The summed E-state index contributed by atoms with van der Waals surface area (Å²) in [6.45, 7) is 1.83. The second kappa shape index (κ2) is 7.74. The van der Waals surface area contributed by atoms with Crippen LogP contribution in [0.15, 0.2) is 47.4 Å². The molecular weight excluding hydrogens is 383 g/mol. The van der Waals surface area contributed by atoms with E-state index in [0.717, 1.165) is 5.56 Å². The van der Waals surface area contributed by atoms with Crippen molar-refractivity contribution in [3.8, 4) is 0 Å². The SMILES string of the molecule is CNS(=O)(=O)c1cccc(C(=O)N(C)[C@H](C)c2ccc(Cl)cc2Cl)c1. The first-order chi connectivity index (χ1) is 11.7. The van der Waals surface area contributed by atoms with Crippen LogP contribution in [0.3, 0.4) is 0 Å². The minimum Gasteiger partial charge on any atom is -0.335 e. The molecule has 0 spiro atoms. The van der Waals surface area contributed by atoms with Crippen LogP contribution in [0.25, 0.3) is 0 Å². The van der Waals surface area contributed by atoms with Gasteiger partial charge in [0.25, 0.3) is 5.91 Å². The van der Waals surface area contributed by atoms with Gasteiger partial charge >= 0.3 is 0 Å². The molecule has 8 heteroatoms. The van der Waals surface area contributed by atoms with E-state index in [-0.39, 0.29) is 22.4 Å². The Morgan fingerprint density at radius 3 is 2.44 bits per heavy atom. The normalized spacial score (nSPS) is 12.7. The van der Waals surface area contributed by atoms with Crippen LogP contribution in [0.4, 0.5) is 0 Å². The number of nitrogens with zero attached hydrogens (tertiary/aromatic N) is 1. The second-order valence-electron chi connectivity index (χ2n) is 5.49. The highest BCUT2D eigenvalue weighted by Crippen LogP contribution is 2.30. The third-order valence-corrected chi connectivity index (χ3v) is 5.95. The van der Waals surface area contributed by atoms with Crippen LogP contribution in [0, 0.1) is 0 Å². The number of carbonyl (C=O) groups is 1. The summed E-state index contributed by atoms with van der Waals surface area (Å²) in [7, 11) is -0.664. The van der Waals surface area contributed by atoms with Gasteiger partial charge in [0.1, 0.15) is 0 Å². The number of rotatable bonds is 5. The highest BCUT2D eigenvalue weighted by Gasteiger charge is 2.22. The molecule has 2 aromatic rings. The molecule has 1 atom stereocenters. The van der Waals surface area contributed by atoms with E-state index in [1.54, 1.807) is 31.3 Å². The molecule has 0 aliphatic carbocycles. The minimum absolute atomic E-state index is 0.0337. The lowest BCUT2D eigenvalue weighted by atomic mass is 10.1. The maximum Gasteiger partial charge on any atom is 0.254 e. The highest BCUT2D eigenvalue weighted by molar-refractivity contribution is 7.89. The van der Waals surface area contributed by atoms with Gasteiger partial charge in [-0.15, -0.1) is 0 Å². The van der Waals surface area contributed by atoms with Crippen LogP contribution in [-0.4, -0.2) is 33.3 Å². The molecule has 1 amide bonds. The topological polar surface area (TPSA) is 66.5 Å². The molecule has 5 nitrogen and oxygen atoms in total. The van der Waals surface area contributed by atoms with Gasteiger partial charge in [-0.2, -0.15) is 0 Å². The van der Waals surface area contributed by atoms with E-state index in [2.05, 4.69) is 4.72 Å². The summed E-state index contributed by atoms with van der Waals surface area (Å²) in [4.78, 5) is 14.3. The Morgan fingerprint density at radius 2 is 1.84 bits per heavy atom. The van der Waals surface area contributed by atoms with Crippen molar-refractivity contribution >= 4 is 39.1 Å². The summed E-state index contributed by atoms with van der Waals surface area (Å²) in [5.74, 6) is -0.313. The second-order valence-corrected chi connectivity index (χ2v) is 8.22. The molecule has 2 rings (SSSR count). The lowest BCUT2D eigenvalue weighted by Gasteiger charge is -2.26. The molecule has 134 valence electrons. The third kappa shape index (κ3) is 4.33. The summed E-state index contributed by atoms with van der Waals surface area (Å²) in [6, 6.07) is 10.7. The van der Waals surface area contributed by atoms with Gasteiger partial charge in [0.15, 0.2) is 0 Å². The molecule has 2 aromatic carbocycles. The van der Waals surface area contributed by atoms with E-state index in [4.69, 9.17) is 23.2 Å². The van der Waals surface area contributed by atoms with Gasteiger partial charge in [0.05, 0.1) is 10.9 Å². The van der Waals surface area contributed by atoms with Gasteiger partial charge < -0.3 is 4.90 Å². The predicted molar refractivity (Wildman–Crippen MR) is 99.7 cm³/mol. The molecule has 0 saturated carbocycles. The lowest BCUT2D eigenvalue weighted by Crippen LogP contribution is -2.30. The molecule has 1 N–H and O–H groups in total. The van der Waals surface area contributed by atoms with Crippen LogP contribution in [0.5, 0.6) is 0 Å². The van der Waals surface area contributed by atoms with Crippen LogP contribution in [-0.2, 0) is 10.0 Å². The Kier molecular flexibility index (Phi) is 6.11. The number of sulfonamides is 1. The van der Waals surface area contributed by atoms with E-state index in [1.165, 1.54) is 30.1 Å². The number of benzene rings is 2. The molecule has 0 heterocycles. The number of nitrogens with one attached hydrogen (secondary N) is 1. The van der Waals surface area contributed by atoms with Crippen LogP contribution < -0.4 is 4.72 Å². The molecule has 0 unspecified atom stereocenters. The Bertz CT molecular complexity index is 901. The van der Waals surface area contributed by atoms with Gasteiger partial charge in [-0.05, 0) is 49.9 Å². The fourth-order valence-electron chi connectivity index (χ4n) is 2.34. The van der Waals surface area contributed by atoms with E-state index in [9.17, 15) is 13.2 Å². The lowest BCUT2D eigenvalue weighted by molar-refractivity contribution is 0.0742. The maximum absolute atomic E-state index is 12.7. The molecule has 0 aliphatic rings. The van der Waals surface area contributed by atoms with Gasteiger partial charge in [-0.1, -0.05) is 35.3 Å². The van der Waals surface area contributed by atoms with Crippen molar-refractivity contribution in [3.63, 3.8) is 0 Å². The zero-order valence-corrected chi connectivity index (χ0v) is 16.3. The summed E-state index contributed by atoms with van der Waals surface area (Å²) >= 11 is 12.1. The fraction of sp³-hybridized carbons (Fsp3) is 0.235. The number of halogens is 2. The molecule has 25 heavy (non-hydrogen) atoms. The van der Waals surface area contributed by atoms with Crippen molar-refractivity contribution in [3.05, 3.63) is 63.6 Å². The maximum atomic E-state index is 12.7. The smallest absolute Gasteiger partial charge is 0.254 e. The van der Waals surface area contributed by atoms with Gasteiger partial charge in [0, 0.05) is 22.7 Å². The van der Waals surface area contributed by atoms with Crippen molar-refractivity contribution in [2.45, 2.75) is 17.9 Å². The molecule has 0 aliphatic heterocycles. The minimum atomic E-state index is -3.62. The van der Waals surface area contributed by atoms with Crippen LogP contribution in [0.1, 0.15) is 28.9 Å². The standard InChI is InChI=1S/C17H18Cl2N2O3S/c1-11(15-8-7-13(18)10-16(15)19)21(3)17(22)12-5-4-6-14(9-12)25(23,24)20-2/h4-11,20H,1-3H3/t11-/m1/s1. The Morgan fingerprint density at radius 1 is 1.16 bits per heavy atom. The quantitative estimate of drug-likeness (QED) is 0.830. The predicted octanol–water partition coefficient (Wildman–Crippen LogP) is 3.73. The Balaban J connectivity index is 2.32. The van der Waals surface area contributed by atoms with Gasteiger partial charge in [-0.25, -0.2) is 13.1 Å². The molecule has 0 bridgehead atoms. The summed E-state index contributed by atoms with van der Waals surface area (Å²) in [5, 5.41) is 0.978. The Hall–Kier alpha value is -1.60. The monoisotopic (exact) mass is 400 g/mol. The van der Waals surface area contributed by atoms with Crippen molar-refractivity contribution in [1.82, 2.24) is 9.62 Å². The van der Waals surface area contributed by atoms with E-state index in [1.807, 2.05) is 6.92 Å². The first kappa shape index (κ1) is 19.7. The zero-order valence-electron chi connectivity index (χ0n) is 14.0. The molecular formula is C17H18Cl2N2O3S. The van der Waals surface area contributed by atoms with Crippen molar-refractivity contribution in [1.29, 1.82) is 0 Å². The van der Waals surface area contributed by atoms with E-state index >= 15 is 0 Å². The van der Waals surface area contributed by atoms with E-state index in [0.29, 0.717) is 10.0 Å². The van der Waals surface area contributed by atoms with Crippen molar-refractivity contribution in [2.24, 2.45) is 0 Å². The van der Waals surface area contributed by atoms with E-state index < -0.39 is 10.0 Å². The van der Waals surface area contributed by atoms with Crippen molar-refractivity contribution in [2.75, 3.05) is 14.1 Å². The highest BCUT2D eigenvalue weighted by atomic mass is 35.5. The van der Waals surface area contributed by atoms with Gasteiger partial charge in [0.2, 0.25) is 10.0 Å². The van der Waals surface area contributed by atoms with Gasteiger partial charge in [-0.3, -0.25) is 4.79 Å². The Labute approximate surface area is 157 Å². The van der Waals surface area contributed by atoms with Crippen LogP contribution >= 0.6 is 23.2 Å². The molecule has 0 fully saturated rings. The number of amides is 1. The third-order valence-electron chi connectivity index (χ3n) is 3.97. The first-order valence-electron chi connectivity index (χ1n) is 7.43. The molecule has 0 radical (unpaired) electrons. The number of hydrogen-bond acceptors (Lipinski definition) is 3. The average molecular weight is 401 g/mol.